The van der Waals surface area contributed by atoms with Crippen LogP contribution in [-0.2, 0) is 5.75 Å². The summed E-state index contributed by atoms with van der Waals surface area (Å²) in [4.78, 5) is 7.71. The molecule has 0 bridgehead atoms. The highest BCUT2D eigenvalue weighted by molar-refractivity contribution is 7.98. The summed E-state index contributed by atoms with van der Waals surface area (Å²) in [7, 11) is 1.45. The first-order valence-corrected chi connectivity index (χ1v) is 5.66. The molecule has 1 aromatic heterocycles. The minimum atomic E-state index is -4.08. The second kappa shape index (κ2) is 5.93. The van der Waals surface area contributed by atoms with Crippen molar-refractivity contribution in [1.29, 1.82) is 0 Å². The van der Waals surface area contributed by atoms with E-state index in [9.17, 15) is 13.2 Å². The summed E-state index contributed by atoms with van der Waals surface area (Å²) < 4.78 is 40.2. The van der Waals surface area contributed by atoms with Gasteiger partial charge in [-0.05, 0) is 5.56 Å². The van der Waals surface area contributed by atoms with Crippen LogP contribution in [0.15, 0.2) is 12.4 Å². The third-order valence-corrected chi connectivity index (χ3v) is 2.69. The van der Waals surface area contributed by atoms with Gasteiger partial charge >= 0.3 is 12.2 Å². The Morgan fingerprint density at radius 3 is 2.44 bits per heavy atom. The number of thioether (sulfide) groups is 1. The molecule has 0 spiro atoms. The Balaban J connectivity index is 2.27. The van der Waals surface area contributed by atoms with Crippen molar-refractivity contribution in [3.05, 3.63) is 18.0 Å². The second-order valence-corrected chi connectivity index (χ2v) is 4.10. The molecule has 90 valence electrons. The SMILES string of the molecule is COc1ncc(CSCCC(F)(F)F)cn1. The number of hydrogen-bond acceptors (Lipinski definition) is 4. The van der Waals surface area contributed by atoms with E-state index in [0.29, 0.717) is 5.75 Å². The van der Waals surface area contributed by atoms with E-state index in [1.165, 1.54) is 18.9 Å². The molecule has 7 heteroatoms. The van der Waals surface area contributed by atoms with Gasteiger partial charge < -0.3 is 4.74 Å². The number of hydrogen-bond donors (Lipinski definition) is 0. The van der Waals surface area contributed by atoms with Crippen LogP contribution in [0.3, 0.4) is 0 Å². The first kappa shape index (κ1) is 13.1. The van der Waals surface area contributed by atoms with Crippen molar-refractivity contribution in [3.8, 4) is 6.01 Å². The third-order valence-electron chi connectivity index (χ3n) is 1.66. The van der Waals surface area contributed by atoms with Crippen molar-refractivity contribution >= 4 is 11.8 Å². The van der Waals surface area contributed by atoms with E-state index < -0.39 is 12.6 Å². The maximum Gasteiger partial charge on any atom is 0.389 e. The lowest BCUT2D eigenvalue weighted by Crippen LogP contribution is -2.08. The number of alkyl halides is 3. The summed E-state index contributed by atoms with van der Waals surface area (Å²) in [5.74, 6) is 0.523. The van der Waals surface area contributed by atoms with Crippen LogP contribution < -0.4 is 4.74 Å². The first-order valence-electron chi connectivity index (χ1n) is 4.50. The van der Waals surface area contributed by atoms with Crippen LogP contribution in [-0.4, -0.2) is 29.0 Å². The number of nitrogens with zero attached hydrogens (tertiary/aromatic N) is 2. The van der Waals surface area contributed by atoms with Crippen LogP contribution in [0.2, 0.25) is 0 Å². The highest BCUT2D eigenvalue weighted by Gasteiger charge is 2.26. The monoisotopic (exact) mass is 252 g/mol. The lowest BCUT2D eigenvalue weighted by Gasteiger charge is -2.05. The maximum absolute atomic E-state index is 11.8. The molecule has 0 aliphatic heterocycles. The molecular weight excluding hydrogens is 241 g/mol. The Morgan fingerprint density at radius 1 is 1.31 bits per heavy atom. The van der Waals surface area contributed by atoms with Crippen LogP contribution >= 0.6 is 11.8 Å². The van der Waals surface area contributed by atoms with E-state index >= 15 is 0 Å². The molecule has 16 heavy (non-hydrogen) atoms. The number of halogens is 3. The summed E-state index contributed by atoms with van der Waals surface area (Å²) in [5, 5.41) is 0. The molecule has 0 aliphatic rings. The molecule has 0 N–H and O–H groups in total. The first-order chi connectivity index (χ1) is 7.51. The van der Waals surface area contributed by atoms with E-state index in [4.69, 9.17) is 4.74 Å². The zero-order valence-electron chi connectivity index (χ0n) is 8.62. The predicted molar refractivity (Wildman–Crippen MR) is 55.4 cm³/mol. The van der Waals surface area contributed by atoms with Crippen LogP contribution in [0.1, 0.15) is 12.0 Å². The van der Waals surface area contributed by atoms with Gasteiger partial charge in [-0.3, -0.25) is 0 Å². The predicted octanol–water partition coefficient (Wildman–Crippen LogP) is 2.67. The number of rotatable bonds is 5. The van der Waals surface area contributed by atoms with Crippen molar-refractivity contribution in [2.75, 3.05) is 12.9 Å². The van der Waals surface area contributed by atoms with Gasteiger partial charge in [-0.1, -0.05) is 0 Å². The average Bonchev–Trinajstić information content (AvgIpc) is 2.24. The molecule has 0 amide bonds. The largest absolute Gasteiger partial charge is 0.467 e. The Bertz CT molecular complexity index is 316. The zero-order chi connectivity index (χ0) is 12.0. The van der Waals surface area contributed by atoms with Crippen LogP contribution in [0, 0.1) is 0 Å². The molecule has 1 rings (SSSR count). The summed E-state index contributed by atoms with van der Waals surface area (Å²) in [6.07, 6.45) is -1.75. The summed E-state index contributed by atoms with van der Waals surface area (Å²) in [6.45, 7) is 0. The van der Waals surface area contributed by atoms with Gasteiger partial charge in [0, 0.05) is 23.9 Å². The number of aromatic nitrogens is 2. The maximum atomic E-state index is 11.8. The summed E-state index contributed by atoms with van der Waals surface area (Å²) in [5.41, 5.74) is 0.785. The summed E-state index contributed by atoms with van der Waals surface area (Å²) in [6, 6.07) is 0.254. The van der Waals surface area contributed by atoms with Crippen molar-refractivity contribution in [2.45, 2.75) is 18.3 Å². The molecule has 1 aromatic rings. The second-order valence-electron chi connectivity index (χ2n) is 3.00. The summed E-state index contributed by atoms with van der Waals surface area (Å²) >= 11 is 1.21. The van der Waals surface area contributed by atoms with Gasteiger partial charge in [-0.25, -0.2) is 9.97 Å². The van der Waals surface area contributed by atoms with E-state index in [1.54, 1.807) is 12.4 Å². The van der Waals surface area contributed by atoms with Gasteiger partial charge in [0.2, 0.25) is 0 Å². The molecule has 0 saturated carbocycles. The van der Waals surface area contributed by atoms with Gasteiger partial charge in [0.15, 0.2) is 0 Å². The topological polar surface area (TPSA) is 35.0 Å². The highest BCUT2D eigenvalue weighted by atomic mass is 32.2. The van der Waals surface area contributed by atoms with Crippen molar-refractivity contribution < 1.29 is 17.9 Å². The van der Waals surface area contributed by atoms with Gasteiger partial charge in [0.1, 0.15) is 0 Å². The van der Waals surface area contributed by atoms with Crippen molar-refractivity contribution in [1.82, 2.24) is 9.97 Å². The van der Waals surface area contributed by atoms with E-state index in [-0.39, 0.29) is 11.8 Å². The van der Waals surface area contributed by atoms with Gasteiger partial charge in [0.05, 0.1) is 13.5 Å². The normalized spacial score (nSPS) is 11.5. The fourth-order valence-electron chi connectivity index (χ4n) is 0.901. The quantitative estimate of drug-likeness (QED) is 0.755. The van der Waals surface area contributed by atoms with Gasteiger partial charge in [0.25, 0.3) is 0 Å². The third kappa shape index (κ3) is 5.20. The van der Waals surface area contributed by atoms with Crippen molar-refractivity contribution in [2.24, 2.45) is 0 Å². The number of ether oxygens (including phenoxy) is 1. The standard InChI is InChI=1S/C9H11F3N2OS/c1-15-8-13-4-7(5-14-8)6-16-3-2-9(10,11)12/h4-5H,2-3,6H2,1H3. The van der Waals surface area contributed by atoms with E-state index in [1.807, 2.05) is 0 Å². The fraction of sp³-hybridized carbons (Fsp3) is 0.556. The fourth-order valence-corrected chi connectivity index (χ4v) is 1.81. The Kier molecular flexibility index (Phi) is 4.85. The Hall–Kier alpha value is -0.980. The Labute approximate surface area is 95.4 Å². The molecular formula is C9H11F3N2OS. The molecule has 0 unspecified atom stereocenters. The van der Waals surface area contributed by atoms with E-state index in [2.05, 4.69) is 9.97 Å². The van der Waals surface area contributed by atoms with Crippen LogP contribution in [0.4, 0.5) is 13.2 Å². The minimum Gasteiger partial charge on any atom is -0.467 e. The molecule has 0 saturated heterocycles. The van der Waals surface area contributed by atoms with Gasteiger partial charge in [-0.15, -0.1) is 0 Å². The number of methoxy groups -OCH3 is 1. The molecule has 0 aromatic carbocycles. The van der Waals surface area contributed by atoms with Crippen molar-refractivity contribution in [3.63, 3.8) is 0 Å². The molecule has 0 radical (unpaired) electrons. The minimum absolute atomic E-state index is 0.0511. The average molecular weight is 252 g/mol. The molecule has 1 heterocycles. The molecule has 0 fully saturated rings. The molecule has 3 nitrogen and oxygen atoms in total. The highest BCUT2D eigenvalue weighted by Crippen LogP contribution is 2.23. The van der Waals surface area contributed by atoms with E-state index in [0.717, 1.165) is 5.56 Å². The Morgan fingerprint density at radius 2 is 1.94 bits per heavy atom. The lowest BCUT2D eigenvalue weighted by molar-refractivity contribution is -0.129. The molecule has 0 atom stereocenters. The zero-order valence-corrected chi connectivity index (χ0v) is 9.44. The lowest BCUT2D eigenvalue weighted by atomic mass is 10.4. The van der Waals surface area contributed by atoms with Gasteiger partial charge in [-0.2, -0.15) is 24.9 Å². The smallest absolute Gasteiger partial charge is 0.389 e. The van der Waals surface area contributed by atoms with Crippen LogP contribution in [0.5, 0.6) is 6.01 Å². The van der Waals surface area contributed by atoms with Crippen LogP contribution in [0.25, 0.3) is 0 Å². The molecule has 0 aliphatic carbocycles.